The van der Waals surface area contributed by atoms with Gasteiger partial charge in [-0.25, -0.2) is 0 Å². The van der Waals surface area contributed by atoms with Gasteiger partial charge in [-0.1, -0.05) is 43.4 Å². The molecule has 13 heavy (non-hydrogen) atoms. The molecule has 0 fully saturated rings. The zero-order valence-corrected chi connectivity index (χ0v) is 10.8. The van der Waals surface area contributed by atoms with Crippen LogP contribution in [0.15, 0.2) is 0 Å². The van der Waals surface area contributed by atoms with E-state index in [2.05, 4.69) is 27.9 Å². The number of alkyl halides is 1. The molecular formula is C9H18INO2. The maximum atomic E-state index is 11.5. The molecule has 0 bridgehead atoms. The van der Waals surface area contributed by atoms with E-state index >= 15 is 0 Å². The van der Waals surface area contributed by atoms with Crippen LogP contribution in [0.2, 0.25) is 0 Å². The summed E-state index contributed by atoms with van der Waals surface area (Å²) in [6.07, 6.45) is 0.697. The van der Waals surface area contributed by atoms with E-state index in [-0.39, 0.29) is 17.6 Å². The summed E-state index contributed by atoms with van der Waals surface area (Å²) < 4.78 is 6.09. The van der Waals surface area contributed by atoms with Gasteiger partial charge in [0.1, 0.15) is 6.23 Å². The van der Waals surface area contributed by atoms with E-state index in [4.69, 9.17) is 4.74 Å². The lowest BCUT2D eigenvalue weighted by molar-refractivity contribution is -0.132. The summed E-state index contributed by atoms with van der Waals surface area (Å²) in [5.41, 5.74) is -0.345. The van der Waals surface area contributed by atoms with Crippen LogP contribution in [-0.2, 0) is 9.53 Å². The highest BCUT2D eigenvalue weighted by atomic mass is 127. The first kappa shape index (κ1) is 13.2. The number of methoxy groups -OCH3 is 1. The van der Waals surface area contributed by atoms with Crippen LogP contribution in [-0.4, -0.2) is 23.7 Å². The van der Waals surface area contributed by atoms with Crippen molar-refractivity contribution in [3.05, 3.63) is 0 Å². The van der Waals surface area contributed by atoms with Gasteiger partial charge in [-0.3, -0.25) is 4.79 Å². The van der Waals surface area contributed by atoms with Crippen LogP contribution in [0.1, 0.15) is 27.2 Å². The molecule has 4 heteroatoms. The molecule has 0 saturated heterocycles. The van der Waals surface area contributed by atoms with Crippen LogP contribution in [0.5, 0.6) is 0 Å². The predicted molar refractivity (Wildman–Crippen MR) is 61.9 cm³/mol. The van der Waals surface area contributed by atoms with Crippen molar-refractivity contribution in [3.63, 3.8) is 0 Å². The SMILES string of the molecule is COC(CCI)NC(=O)C(C)(C)C. The first-order valence-electron chi connectivity index (χ1n) is 4.31. The Hall–Kier alpha value is 0.160. The number of nitrogens with one attached hydrogen (secondary N) is 1. The lowest BCUT2D eigenvalue weighted by Crippen LogP contribution is -2.42. The van der Waals surface area contributed by atoms with E-state index in [1.807, 2.05) is 20.8 Å². The zero-order chi connectivity index (χ0) is 10.5. The van der Waals surface area contributed by atoms with E-state index in [1.54, 1.807) is 7.11 Å². The number of rotatable bonds is 4. The van der Waals surface area contributed by atoms with Gasteiger partial charge in [0, 0.05) is 23.4 Å². The molecule has 78 valence electrons. The fourth-order valence-corrected chi connectivity index (χ4v) is 1.28. The number of ether oxygens (including phenoxy) is 1. The second-order valence-electron chi connectivity index (χ2n) is 3.93. The molecule has 1 amide bonds. The maximum Gasteiger partial charge on any atom is 0.227 e. The molecule has 0 aromatic heterocycles. The van der Waals surface area contributed by atoms with Gasteiger partial charge >= 0.3 is 0 Å². The van der Waals surface area contributed by atoms with Crippen molar-refractivity contribution in [3.8, 4) is 0 Å². The minimum atomic E-state index is -0.345. The Morgan fingerprint density at radius 3 is 2.38 bits per heavy atom. The number of hydrogen-bond acceptors (Lipinski definition) is 2. The number of carbonyl (C=O) groups excluding carboxylic acids is 1. The molecule has 0 aliphatic heterocycles. The van der Waals surface area contributed by atoms with Gasteiger partial charge in [-0.05, 0) is 0 Å². The summed E-state index contributed by atoms with van der Waals surface area (Å²) in [7, 11) is 1.61. The molecule has 3 nitrogen and oxygen atoms in total. The van der Waals surface area contributed by atoms with Gasteiger partial charge in [0.2, 0.25) is 5.91 Å². The van der Waals surface area contributed by atoms with Crippen molar-refractivity contribution in [1.29, 1.82) is 0 Å². The molecule has 0 saturated carbocycles. The molecule has 1 N–H and O–H groups in total. The molecule has 0 rings (SSSR count). The zero-order valence-electron chi connectivity index (χ0n) is 8.69. The third-order valence-electron chi connectivity index (χ3n) is 1.63. The van der Waals surface area contributed by atoms with Gasteiger partial charge in [-0.2, -0.15) is 0 Å². The highest BCUT2D eigenvalue weighted by Gasteiger charge is 2.23. The topological polar surface area (TPSA) is 38.3 Å². The Morgan fingerprint density at radius 2 is 2.08 bits per heavy atom. The molecule has 0 radical (unpaired) electrons. The first-order valence-corrected chi connectivity index (χ1v) is 5.84. The molecule has 1 atom stereocenters. The molecule has 0 aromatic rings. The molecule has 0 spiro atoms. The Morgan fingerprint density at radius 1 is 1.54 bits per heavy atom. The minimum absolute atomic E-state index is 0.0317. The quantitative estimate of drug-likeness (QED) is 0.489. The van der Waals surface area contributed by atoms with E-state index < -0.39 is 0 Å². The monoisotopic (exact) mass is 299 g/mol. The van der Waals surface area contributed by atoms with Gasteiger partial charge in [0.05, 0.1) is 0 Å². The van der Waals surface area contributed by atoms with E-state index in [0.29, 0.717) is 0 Å². The van der Waals surface area contributed by atoms with Crippen molar-refractivity contribution >= 4 is 28.5 Å². The molecule has 0 heterocycles. The first-order chi connectivity index (χ1) is 5.91. The summed E-state index contributed by atoms with van der Waals surface area (Å²) in [6, 6.07) is 0. The van der Waals surface area contributed by atoms with Gasteiger partial charge < -0.3 is 10.1 Å². The largest absolute Gasteiger partial charge is 0.362 e. The van der Waals surface area contributed by atoms with Crippen molar-refractivity contribution in [2.24, 2.45) is 5.41 Å². The lowest BCUT2D eigenvalue weighted by Gasteiger charge is -2.22. The van der Waals surface area contributed by atoms with Crippen LogP contribution in [0.3, 0.4) is 0 Å². The number of halogens is 1. The second-order valence-corrected chi connectivity index (χ2v) is 5.00. The Bertz CT molecular complexity index is 165. The summed E-state index contributed by atoms with van der Waals surface area (Å²) in [5, 5.41) is 2.84. The van der Waals surface area contributed by atoms with Gasteiger partial charge in [0.15, 0.2) is 0 Å². The highest BCUT2D eigenvalue weighted by Crippen LogP contribution is 2.13. The van der Waals surface area contributed by atoms with Crippen LogP contribution >= 0.6 is 22.6 Å². The predicted octanol–water partition coefficient (Wildman–Crippen LogP) is 1.95. The molecule has 0 aromatic carbocycles. The fraction of sp³-hybridized carbons (Fsp3) is 0.889. The van der Waals surface area contributed by atoms with Crippen molar-refractivity contribution < 1.29 is 9.53 Å². The average Bonchev–Trinajstić information content (AvgIpc) is 2.01. The summed E-state index contributed by atoms with van der Waals surface area (Å²) in [6.45, 7) is 5.66. The Labute approximate surface area is 93.7 Å². The van der Waals surface area contributed by atoms with Gasteiger partial charge in [0.25, 0.3) is 0 Å². The van der Waals surface area contributed by atoms with Crippen LogP contribution in [0.4, 0.5) is 0 Å². The third kappa shape index (κ3) is 5.46. The lowest BCUT2D eigenvalue weighted by atomic mass is 9.95. The molecule has 1 unspecified atom stereocenters. The number of amides is 1. The molecular weight excluding hydrogens is 281 g/mol. The maximum absolute atomic E-state index is 11.5. The summed E-state index contributed by atoms with van der Waals surface area (Å²) in [4.78, 5) is 11.5. The smallest absolute Gasteiger partial charge is 0.227 e. The van der Waals surface area contributed by atoms with Crippen molar-refractivity contribution in [2.75, 3.05) is 11.5 Å². The molecule has 0 aliphatic rings. The second kappa shape index (κ2) is 5.80. The van der Waals surface area contributed by atoms with E-state index in [0.717, 1.165) is 10.8 Å². The van der Waals surface area contributed by atoms with Gasteiger partial charge in [-0.15, -0.1) is 0 Å². The van der Waals surface area contributed by atoms with Crippen LogP contribution in [0, 0.1) is 5.41 Å². The highest BCUT2D eigenvalue weighted by molar-refractivity contribution is 14.1. The number of hydrogen-bond donors (Lipinski definition) is 1. The fourth-order valence-electron chi connectivity index (χ4n) is 0.711. The standard InChI is InChI=1S/C9H18INO2/c1-9(2,3)8(12)11-7(13-4)5-6-10/h7H,5-6H2,1-4H3,(H,11,12). The summed E-state index contributed by atoms with van der Waals surface area (Å²) >= 11 is 2.26. The average molecular weight is 299 g/mol. The van der Waals surface area contributed by atoms with Crippen molar-refractivity contribution in [2.45, 2.75) is 33.4 Å². The van der Waals surface area contributed by atoms with E-state index in [1.165, 1.54) is 0 Å². The minimum Gasteiger partial charge on any atom is -0.362 e. The Balaban J connectivity index is 4.01. The van der Waals surface area contributed by atoms with Crippen LogP contribution in [0.25, 0.3) is 0 Å². The number of carbonyl (C=O) groups is 1. The molecule has 0 aliphatic carbocycles. The Kier molecular flexibility index (Phi) is 5.87. The third-order valence-corrected chi connectivity index (χ3v) is 2.25. The van der Waals surface area contributed by atoms with Crippen LogP contribution < -0.4 is 5.32 Å². The summed E-state index contributed by atoms with van der Waals surface area (Å²) in [5.74, 6) is 0.0317. The van der Waals surface area contributed by atoms with E-state index in [9.17, 15) is 4.79 Å². The normalized spacial score (nSPS) is 13.9. The van der Waals surface area contributed by atoms with Crippen molar-refractivity contribution in [1.82, 2.24) is 5.32 Å².